The quantitative estimate of drug-likeness (QED) is 0.809. The Morgan fingerprint density at radius 1 is 1.47 bits per heavy atom. The zero-order chi connectivity index (χ0) is 12.0. The molecule has 0 aliphatic carbocycles. The van der Waals surface area contributed by atoms with Crippen molar-refractivity contribution in [1.82, 2.24) is 5.32 Å². The van der Waals surface area contributed by atoms with Crippen LogP contribution in [0.15, 0.2) is 6.07 Å². The Hall–Kier alpha value is -1.13. The molecule has 17 heavy (non-hydrogen) atoms. The molecule has 2 heterocycles. The predicted octanol–water partition coefficient (Wildman–Crippen LogP) is 2.37. The highest BCUT2D eigenvalue weighted by molar-refractivity contribution is 6.34. The van der Waals surface area contributed by atoms with E-state index >= 15 is 0 Å². The van der Waals surface area contributed by atoms with Gasteiger partial charge in [-0.15, -0.1) is 0 Å². The largest absolute Gasteiger partial charge is 0.506 e. The first-order valence-corrected chi connectivity index (χ1v) is 6.06. The van der Waals surface area contributed by atoms with Gasteiger partial charge in [0.25, 0.3) is 0 Å². The summed E-state index contributed by atoms with van der Waals surface area (Å²) in [5.74, 6) is 1.14. The van der Waals surface area contributed by atoms with Crippen LogP contribution >= 0.6 is 11.6 Å². The van der Waals surface area contributed by atoms with Crippen molar-refractivity contribution in [3.8, 4) is 17.2 Å². The Labute approximate surface area is 104 Å². The molecule has 2 aliphatic rings. The highest BCUT2D eigenvalue weighted by atomic mass is 35.5. The van der Waals surface area contributed by atoms with Crippen molar-refractivity contribution < 1.29 is 14.6 Å². The molecule has 5 heteroatoms. The fraction of sp³-hybridized carbons (Fsp3) is 0.500. The third-order valence-corrected chi connectivity index (χ3v) is 3.89. The summed E-state index contributed by atoms with van der Waals surface area (Å²) < 4.78 is 10.6. The summed E-state index contributed by atoms with van der Waals surface area (Å²) in [7, 11) is 0. The molecule has 1 unspecified atom stereocenters. The maximum Gasteiger partial charge on any atom is 0.231 e. The average molecular weight is 256 g/mol. The zero-order valence-electron chi connectivity index (χ0n) is 9.55. The van der Waals surface area contributed by atoms with Crippen molar-refractivity contribution in [3.05, 3.63) is 16.7 Å². The van der Waals surface area contributed by atoms with Crippen molar-refractivity contribution in [3.63, 3.8) is 0 Å². The lowest BCUT2D eigenvalue weighted by molar-refractivity contribution is 0.174. The van der Waals surface area contributed by atoms with Gasteiger partial charge in [-0.1, -0.05) is 11.6 Å². The second-order valence-electron chi connectivity index (χ2n) is 4.68. The van der Waals surface area contributed by atoms with Crippen LogP contribution in [-0.2, 0) is 5.54 Å². The minimum Gasteiger partial charge on any atom is -0.506 e. The minimum atomic E-state index is -0.241. The van der Waals surface area contributed by atoms with Gasteiger partial charge in [0, 0.05) is 11.1 Å². The minimum absolute atomic E-state index is 0.0906. The number of ether oxygens (including phenoxy) is 2. The summed E-state index contributed by atoms with van der Waals surface area (Å²) >= 11 is 6.10. The van der Waals surface area contributed by atoms with E-state index in [2.05, 4.69) is 12.2 Å². The first-order valence-electron chi connectivity index (χ1n) is 5.68. The first kappa shape index (κ1) is 11.0. The van der Waals surface area contributed by atoms with Crippen LogP contribution in [0.3, 0.4) is 0 Å². The first-order chi connectivity index (χ1) is 8.12. The van der Waals surface area contributed by atoms with Crippen LogP contribution in [0.25, 0.3) is 0 Å². The van der Waals surface area contributed by atoms with E-state index in [0.717, 1.165) is 24.9 Å². The molecule has 0 bridgehead atoms. The summed E-state index contributed by atoms with van der Waals surface area (Å²) in [6.07, 6.45) is 2.05. The van der Waals surface area contributed by atoms with Gasteiger partial charge in [-0.2, -0.15) is 0 Å². The van der Waals surface area contributed by atoms with E-state index in [9.17, 15) is 5.11 Å². The molecule has 1 aromatic rings. The van der Waals surface area contributed by atoms with Gasteiger partial charge in [0.2, 0.25) is 6.79 Å². The maximum absolute atomic E-state index is 10.2. The molecule has 1 aromatic carbocycles. The van der Waals surface area contributed by atoms with Gasteiger partial charge < -0.3 is 19.9 Å². The summed E-state index contributed by atoms with van der Waals surface area (Å²) in [6, 6.07) is 1.82. The lowest BCUT2D eigenvalue weighted by atomic mass is 9.89. The lowest BCUT2D eigenvalue weighted by Crippen LogP contribution is -2.33. The van der Waals surface area contributed by atoms with E-state index in [-0.39, 0.29) is 23.1 Å². The van der Waals surface area contributed by atoms with Crippen LogP contribution in [0.4, 0.5) is 0 Å². The van der Waals surface area contributed by atoms with E-state index in [0.29, 0.717) is 11.5 Å². The molecular weight excluding hydrogens is 242 g/mol. The topological polar surface area (TPSA) is 50.7 Å². The molecule has 92 valence electrons. The van der Waals surface area contributed by atoms with Gasteiger partial charge >= 0.3 is 0 Å². The summed E-state index contributed by atoms with van der Waals surface area (Å²) in [4.78, 5) is 0. The van der Waals surface area contributed by atoms with E-state index in [4.69, 9.17) is 21.1 Å². The number of hydrogen-bond acceptors (Lipinski definition) is 4. The number of nitrogens with one attached hydrogen (secondary N) is 1. The molecule has 0 radical (unpaired) electrons. The van der Waals surface area contributed by atoms with Crippen LogP contribution in [0.1, 0.15) is 25.3 Å². The zero-order valence-corrected chi connectivity index (χ0v) is 10.3. The summed E-state index contributed by atoms with van der Waals surface area (Å²) in [5.41, 5.74) is 0.540. The second kappa shape index (κ2) is 3.68. The van der Waals surface area contributed by atoms with Crippen LogP contribution < -0.4 is 14.8 Å². The molecule has 1 saturated heterocycles. The van der Waals surface area contributed by atoms with Gasteiger partial charge in [-0.3, -0.25) is 0 Å². The summed E-state index contributed by atoms with van der Waals surface area (Å²) in [5, 5.41) is 13.8. The molecule has 2 N–H and O–H groups in total. The number of fused-ring (bicyclic) bond motifs is 1. The Balaban J connectivity index is 2.14. The molecule has 1 fully saturated rings. The van der Waals surface area contributed by atoms with Gasteiger partial charge in [0.15, 0.2) is 11.5 Å². The standard InChI is InChI=1S/C12H14ClNO3/c1-12(3-2-4-14-12)7-5-8-11(17-6-16-8)9(13)10(7)15/h5,14-15H,2-4,6H2,1H3. The Bertz CT molecular complexity index is 469. The van der Waals surface area contributed by atoms with Crippen molar-refractivity contribution in [2.45, 2.75) is 25.3 Å². The van der Waals surface area contributed by atoms with Crippen LogP contribution in [0.2, 0.25) is 5.02 Å². The normalized spacial score (nSPS) is 26.5. The van der Waals surface area contributed by atoms with Crippen LogP contribution in [-0.4, -0.2) is 18.4 Å². The van der Waals surface area contributed by atoms with Crippen LogP contribution in [0.5, 0.6) is 17.2 Å². The fourth-order valence-electron chi connectivity index (χ4n) is 2.54. The second-order valence-corrected chi connectivity index (χ2v) is 5.06. The Morgan fingerprint density at radius 3 is 3.00 bits per heavy atom. The number of halogens is 1. The molecular formula is C12H14ClNO3. The number of phenolic OH excluding ortho intramolecular Hbond substituents is 1. The highest BCUT2D eigenvalue weighted by Crippen LogP contribution is 2.49. The maximum atomic E-state index is 10.2. The van der Waals surface area contributed by atoms with Crippen LogP contribution in [0, 0.1) is 0 Å². The molecule has 3 rings (SSSR count). The van der Waals surface area contributed by atoms with Crippen molar-refractivity contribution >= 4 is 11.6 Å². The van der Waals surface area contributed by atoms with Gasteiger partial charge in [0.05, 0.1) is 0 Å². The van der Waals surface area contributed by atoms with E-state index in [1.54, 1.807) is 0 Å². The smallest absolute Gasteiger partial charge is 0.231 e. The van der Waals surface area contributed by atoms with E-state index in [1.807, 2.05) is 6.07 Å². The van der Waals surface area contributed by atoms with Gasteiger partial charge in [0.1, 0.15) is 10.8 Å². The third-order valence-electron chi connectivity index (χ3n) is 3.54. The number of aromatic hydroxyl groups is 1. The number of hydrogen-bond donors (Lipinski definition) is 2. The fourth-order valence-corrected chi connectivity index (χ4v) is 2.79. The lowest BCUT2D eigenvalue weighted by Gasteiger charge is -2.26. The molecule has 0 amide bonds. The third kappa shape index (κ3) is 1.55. The summed E-state index contributed by atoms with van der Waals surface area (Å²) in [6.45, 7) is 3.16. The van der Waals surface area contributed by atoms with Crippen molar-refractivity contribution in [2.24, 2.45) is 0 Å². The van der Waals surface area contributed by atoms with Crippen molar-refractivity contribution in [1.29, 1.82) is 0 Å². The van der Waals surface area contributed by atoms with Crippen molar-refractivity contribution in [2.75, 3.05) is 13.3 Å². The molecule has 0 saturated carbocycles. The predicted molar refractivity (Wildman–Crippen MR) is 63.8 cm³/mol. The number of benzene rings is 1. The Morgan fingerprint density at radius 2 is 2.29 bits per heavy atom. The number of phenols is 1. The monoisotopic (exact) mass is 255 g/mol. The van der Waals surface area contributed by atoms with Gasteiger partial charge in [-0.05, 0) is 32.4 Å². The molecule has 4 nitrogen and oxygen atoms in total. The average Bonchev–Trinajstić information content (AvgIpc) is 2.92. The molecule has 0 spiro atoms. The molecule has 2 aliphatic heterocycles. The molecule has 0 aromatic heterocycles. The van der Waals surface area contributed by atoms with E-state index < -0.39 is 0 Å². The highest BCUT2D eigenvalue weighted by Gasteiger charge is 2.36. The number of rotatable bonds is 1. The molecule has 1 atom stereocenters. The Kier molecular flexibility index (Phi) is 2.38. The van der Waals surface area contributed by atoms with E-state index in [1.165, 1.54) is 0 Å². The van der Waals surface area contributed by atoms with Gasteiger partial charge in [-0.25, -0.2) is 0 Å². The SMILES string of the molecule is CC1(c2cc3c(c(Cl)c2O)OCO3)CCCN1.